The van der Waals surface area contributed by atoms with Crippen LogP contribution in [-0.2, 0) is 23.0 Å². The van der Waals surface area contributed by atoms with Gasteiger partial charge in [-0.1, -0.05) is 44.5 Å². The molecule has 0 radical (unpaired) electrons. The molecule has 152 valence electrons. The third-order valence-electron chi connectivity index (χ3n) is 5.89. The highest BCUT2D eigenvalue weighted by Gasteiger charge is 2.29. The number of morpholine rings is 1. The highest BCUT2D eigenvalue weighted by atomic mass is 35.5. The lowest BCUT2D eigenvalue weighted by Gasteiger charge is -2.40. The van der Waals surface area contributed by atoms with E-state index < -0.39 is 0 Å². The van der Waals surface area contributed by atoms with E-state index in [4.69, 9.17) is 16.3 Å². The third-order valence-corrected chi connectivity index (χ3v) is 6.28. The van der Waals surface area contributed by atoms with E-state index in [1.165, 1.54) is 22.3 Å². The second kappa shape index (κ2) is 8.52. The van der Waals surface area contributed by atoms with Crippen LogP contribution in [0, 0.1) is 13.8 Å². The molecule has 1 fully saturated rings. The number of hydrogen-bond donors (Lipinski definition) is 0. The van der Waals surface area contributed by atoms with Gasteiger partial charge in [0.25, 0.3) is 0 Å². The Bertz CT molecular complexity index is 811. The van der Waals surface area contributed by atoms with Crippen LogP contribution in [0.25, 0.3) is 0 Å². The number of hydrogen-bond acceptors (Lipinski definition) is 3. The lowest BCUT2D eigenvalue weighted by molar-refractivity contribution is -0.0352. The molecule has 4 heteroatoms. The number of ether oxygens (including phenoxy) is 1. The maximum absolute atomic E-state index is 6.40. The van der Waals surface area contributed by atoms with Crippen LogP contribution in [0.2, 0.25) is 5.02 Å². The summed E-state index contributed by atoms with van der Waals surface area (Å²) in [5.41, 5.74) is 6.21. The number of rotatable bonds is 4. The normalized spacial score (nSPS) is 21.1. The van der Waals surface area contributed by atoms with Gasteiger partial charge in [0.1, 0.15) is 0 Å². The maximum atomic E-state index is 6.40. The van der Waals surface area contributed by atoms with Gasteiger partial charge in [-0.15, -0.1) is 0 Å². The van der Waals surface area contributed by atoms with E-state index in [-0.39, 0.29) is 5.41 Å². The molecule has 0 spiro atoms. The van der Waals surface area contributed by atoms with Crippen LogP contribution in [0.15, 0.2) is 30.5 Å². The standard InChI is InChI=1S/C24H33ClN2O/c1-16-9-19(17(2)22(25)10-16)12-21-15-28-14-20(27(21)6)11-18-7-8-23(26-13-18)24(3,4)5/h7-10,13,20-21H,11-12,14-15H2,1-6H3. The molecule has 1 saturated heterocycles. The highest BCUT2D eigenvalue weighted by Crippen LogP contribution is 2.26. The molecule has 3 nitrogen and oxygen atoms in total. The van der Waals surface area contributed by atoms with Crippen LogP contribution in [0.3, 0.4) is 0 Å². The highest BCUT2D eigenvalue weighted by molar-refractivity contribution is 6.31. The summed E-state index contributed by atoms with van der Waals surface area (Å²) in [6, 6.07) is 9.40. The summed E-state index contributed by atoms with van der Waals surface area (Å²) in [5, 5.41) is 0.857. The van der Waals surface area contributed by atoms with Gasteiger partial charge in [-0.3, -0.25) is 9.88 Å². The maximum Gasteiger partial charge on any atom is 0.0625 e. The summed E-state index contributed by atoms with van der Waals surface area (Å²) in [7, 11) is 2.22. The van der Waals surface area contributed by atoms with Gasteiger partial charge in [-0.25, -0.2) is 0 Å². The van der Waals surface area contributed by atoms with Crippen LogP contribution >= 0.6 is 11.6 Å². The zero-order chi connectivity index (χ0) is 20.5. The van der Waals surface area contributed by atoms with Crippen molar-refractivity contribution in [3.8, 4) is 0 Å². The zero-order valence-corrected chi connectivity index (χ0v) is 18.8. The predicted molar refractivity (Wildman–Crippen MR) is 117 cm³/mol. The molecule has 3 rings (SSSR count). The summed E-state index contributed by atoms with van der Waals surface area (Å²) in [5.74, 6) is 0. The van der Waals surface area contributed by atoms with Gasteiger partial charge in [-0.2, -0.15) is 0 Å². The molecule has 2 atom stereocenters. The van der Waals surface area contributed by atoms with E-state index in [1.807, 2.05) is 12.3 Å². The molecule has 0 bridgehead atoms. The van der Waals surface area contributed by atoms with Gasteiger partial charge in [0.15, 0.2) is 0 Å². The van der Waals surface area contributed by atoms with Crippen molar-refractivity contribution in [2.45, 2.75) is 65.0 Å². The van der Waals surface area contributed by atoms with Crippen molar-refractivity contribution in [3.63, 3.8) is 0 Å². The first-order valence-corrected chi connectivity index (χ1v) is 10.5. The Morgan fingerprint density at radius 3 is 2.39 bits per heavy atom. The summed E-state index contributed by atoms with van der Waals surface area (Å²) < 4.78 is 5.99. The molecule has 1 aliphatic heterocycles. The Hall–Kier alpha value is -1.42. The number of halogens is 1. The molecule has 1 aromatic carbocycles. The topological polar surface area (TPSA) is 25.4 Å². The molecule has 0 N–H and O–H groups in total. The number of aryl methyl sites for hydroxylation is 1. The first-order valence-electron chi connectivity index (χ1n) is 10.2. The second-order valence-corrected chi connectivity index (χ2v) is 9.66. The number of nitrogens with zero attached hydrogens (tertiary/aromatic N) is 2. The van der Waals surface area contributed by atoms with Crippen molar-refractivity contribution < 1.29 is 4.74 Å². The smallest absolute Gasteiger partial charge is 0.0625 e. The van der Waals surface area contributed by atoms with Gasteiger partial charge < -0.3 is 4.74 Å². The minimum absolute atomic E-state index is 0.0846. The lowest BCUT2D eigenvalue weighted by Crippen LogP contribution is -2.51. The largest absolute Gasteiger partial charge is 0.378 e. The Morgan fingerprint density at radius 1 is 1.11 bits per heavy atom. The van der Waals surface area contributed by atoms with Crippen LogP contribution in [0.1, 0.15) is 48.7 Å². The predicted octanol–water partition coefficient (Wildman–Crippen LogP) is 5.13. The van der Waals surface area contributed by atoms with E-state index in [0.29, 0.717) is 12.1 Å². The number of aromatic nitrogens is 1. The van der Waals surface area contributed by atoms with Crippen molar-refractivity contribution in [2.75, 3.05) is 20.3 Å². The molecule has 2 aromatic rings. The molecule has 28 heavy (non-hydrogen) atoms. The van der Waals surface area contributed by atoms with E-state index in [0.717, 1.165) is 36.8 Å². The van der Waals surface area contributed by atoms with Crippen molar-refractivity contribution in [1.29, 1.82) is 0 Å². The van der Waals surface area contributed by atoms with Gasteiger partial charge in [0.2, 0.25) is 0 Å². The lowest BCUT2D eigenvalue weighted by atomic mass is 9.91. The second-order valence-electron chi connectivity index (χ2n) is 9.25. The molecular formula is C24H33ClN2O. The third kappa shape index (κ3) is 4.94. The molecule has 0 aliphatic carbocycles. The van der Waals surface area contributed by atoms with Crippen molar-refractivity contribution in [1.82, 2.24) is 9.88 Å². The molecule has 1 aromatic heterocycles. The van der Waals surface area contributed by atoms with E-state index >= 15 is 0 Å². The summed E-state index contributed by atoms with van der Waals surface area (Å²) >= 11 is 6.40. The summed E-state index contributed by atoms with van der Waals surface area (Å²) in [4.78, 5) is 7.17. The van der Waals surface area contributed by atoms with Crippen molar-refractivity contribution >= 4 is 11.6 Å². The Morgan fingerprint density at radius 2 is 1.79 bits per heavy atom. The molecule has 0 saturated carbocycles. The zero-order valence-electron chi connectivity index (χ0n) is 18.1. The minimum Gasteiger partial charge on any atom is -0.378 e. The van der Waals surface area contributed by atoms with Gasteiger partial charge in [0, 0.05) is 34.4 Å². The van der Waals surface area contributed by atoms with E-state index in [1.54, 1.807) is 0 Å². The summed E-state index contributed by atoms with van der Waals surface area (Å²) in [6.07, 6.45) is 3.95. The Kier molecular flexibility index (Phi) is 6.48. The fraction of sp³-hybridized carbons (Fsp3) is 0.542. The quantitative estimate of drug-likeness (QED) is 0.711. The first-order chi connectivity index (χ1) is 13.1. The molecule has 2 unspecified atom stereocenters. The van der Waals surface area contributed by atoms with Crippen LogP contribution in [0.5, 0.6) is 0 Å². The van der Waals surface area contributed by atoms with Gasteiger partial charge in [0.05, 0.1) is 13.2 Å². The summed E-state index contributed by atoms with van der Waals surface area (Å²) in [6.45, 7) is 12.3. The molecule has 0 amide bonds. The molecule has 2 heterocycles. The molecular weight excluding hydrogens is 368 g/mol. The first kappa shape index (κ1) is 21.3. The van der Waals surface area contributed by atoms with Gasteiger partial charge in [-0.05, 0) is 68.1 Å². The van der Waals surface area contributed by atoms with Crippen molar-refractivity contribution in [3.05, 3.63) is 63.4 Å². The SMILES string of the molecule is Cc1cc(Cl)c(C)c(CC2COCC(Cc3ccc(C(C)(C)C)nc3)N2C)c1. The van der Waals surface area contributed by atoms with E-state index in [2.05, 4.69) is 69.7 Å². The van der Waals surface area contributed by atoms with Crippen LogP contribution < -0.4 is 0 Å². The average molecular weight is 401 g/mol. The van der Waals surface area contributed by atoms with Crippen molar-refractivity contribution in [2.24, 2.45) is 0 Å². The number of likely N-dealkylation sites (N-methyl/N-ethyl adjacent to an activating group) is 1. The van der Waals surface area contributed by atoms with E-state index in [9.17, 15) is 0 Å². The van der Waals surface area contributed by atoms with Gasteiger partial charge >= 0.3 is 0 Å². The number of benzene rings is 1. The number of pyridine rings is 1. The van der Waals surface area contributed by atoms with Crippen LogP contribution in [0.4, 0.5) is 0 Å². The monoisotopic (exact) mass is 400 g/mol. The molecule has 1 aliphatic rings. The van der Waals surface area contributed by atoms with Crippen LogP contribution in [-0.4, -0.2) is 42.2 Å². The minimum atomic E-state index is 0.0846. The average Bonchev–Trinajstić information content (AvgIpc) is 2.62. The fourth-order valence-electron chi connectivity index (χ4n) is 3.89. The Labute approximate surface area is 175 Å². The Balaban J connectivity index is 1.70. The fourth-order valence-corrected chi connectivity index (χ4v) is 4.19.